The molecule has 10 nitrogen and oxygen atoms in total. The third kappa shape index (κ3) is 3.41. The first kappa shape index (κ1) is 19.2. The van der Waals surface area contributed by atoms with Crippen molar-refractivity contribution in [1.29, 1.82) is 0 Å². The van der Waals surface area contributed by atoms with E-state index >= 15 is 0 Å². The lowest BCUT2D eigenvalue weighted by atomic mass is 9.86. The highest BCUT2D eigenvalue weighted by atomic mass is 16.6. The lowest BCUT2D eigenvalue weighted by Crippen LogP contribution is -2.43. The van der Waals surface area contributed by atoms with E-state index in [4.69, 9.17) is 14.6 Å². The first-order valence-corrected chi connectivity index (χ1v) is 9.01. The molecule has 0 aliphatic carbocycles. The molecule has 1 aromatic heterocycles. The molecule has 0 spiro atoms. The molecule has 4 atom stereocenters. The number of hydrogen-bond acceptors (Lipinski definition) is 7. The number of fused-ring (bicyclic) bond motifs is 2. The van der Waals surface area contributed by atoms with Crippen LogP contribution < -0.4 is 11.0 Å². The predicted octanol–water partition coefficient (Wildman–Crippen LogP) is 0.245. The lowest BCUT2D eigenvalue weighted by molar-refractivity contribution is -0.186. The Kier molecular flexibility index (Phi) is 4.91. The highest BCUT2D eigenvalue weighted by Crippen LogP contribution is 2.50. The van der Waals surface area contributed by atoms with Crippen LogP contribution in [0.1, 0.15) is 23.0 Å². The molecule has 0 radical (unpaired) electrons. The number of anilines is 1. The average molecular weight is 401 g/mol. The minimum absolute atomic E-state index is 0.0516. The van der Waals surface area contributed by atoms with Gasteiger partial charge < -0.3 is 25.0 Å². The molecule has 1 amide bonds. The number of carboxylic acids is 1. The van der Waals surface area contributed by atoms with Crippen LogP contribution in [0.2, 0.25) is 0 Å². The molecule has 1 aromatic carbocycles. The number of aliphatic carboxylic acids is 1. The van der Waals surface area contributed by atoms with Crippen LogP contribution in [0.15, 0.2) is 47.4 Å². The second-order valence-corrected chi connectivity index (χ2v) is 7.03. The van der Waals surface area contributed by atoms with Gasteiger partial charge in [-0.2, -0.15) is 4.98 Å². The summed E-state index contributed by atoms with van der Waals surface area (Å²) in [5, 5.41) is 21.5. The first-order chi connectivity index (χ1) is 13.9. The Hall–Kier alpha value is -3.08. The number of nitrogens with zero attached hydrogens (tertiary/aromatic N) is 2. The minimum atomic E-state index is -1.17. The summed E-state index contributed by atoms with van der Waals surface area (Å²) in [6.07, 6.45) is -0.482. The lowest BCUT2D eigenvalue weighted by Gasteiger charge is -2.30. The van der Waals surface area contributed by atoms with Gasteiger partial charge in [0.05, 0.1) is 19.6 Å². The van der Waals surface area contributed by atoms with Crippen LogP contribution in [-0.4, -0.2) is 56.6 Å². The molecule has 1 unspecified atom stereocenters. The van der Waals surface area contributed by atoms with Crippen LogP contribution >= 0.6 is 0 Å². The van der Waals surface area contributed by atoms with Crippen LogP contribution in [0.4, 0.5) is 5.82 Å². The van der Waals surface area contributed by atoms with Crippen LogP contribution in [0.5, 0.6) is 0 Å². The molecule has 2 bridgehead atoms. The van der Waals surface area contributed by atoms with Crippen molar-refractivity contribution in [2.24, 2.45) is 5.92 Å². The van der Waals surface area contributed by atoms with Gasteiger partial charge in [-0.05, 0) is 18.2 Å². The maximum absolute atomic E-state index is 12.5. The van der Waals surface area contributed by atoms with Crippen LogP contribution in [-0.2, 0) is 14.3 Å². The number of hydrogen-bond donors (Lipinski definition) is 3. The van der Waals surface area contributed by atoms with Gasteiger partial charge in [-0.1, -0.05) is 18.2 Å². The summed E-state index contributed by atoms with van der Waals surface area (Å²) < 4.78 is 12.7. The van der Waals surface area contributed by atoms with E-state index in [1.807, 2.05) is 0 Å². The van der Waals surface area contributed by atoms with Gasteiger partial charge in [-0.25, -0.2) is 4.79 Å². The van der Waals surface area contributed by atoms with Gasteiger partial charge in [0, 0.05) is 17.7 Å². The Morgan fingerprint density at radius 3 is 2.69 bits per heavy atom. The standard InChI is InChI=1S/C19H19N3O7/c23-9-19-10-28-15(12(19)8-14(24)25)17(29-19)22-7-6-13(21-18(22)27)20-16(26)11-4-2-1-3-5-11/h1-7,12,15,17,23H,8-10H2,(H,24,25)(H,20,21,26,27)/t12-,15?,17-,19+/m1/s1. The number of benzene rings is 1. The number of aliphatic hydroxyl groups excluding tert-OH is 1. The fourth-order valence-corrected chi connectivity index (χ4v) is 3.83. The van der Waals surface area contributed by atoms with E-state index in [1.54, 1.807) is 30.3 Å². The summed E-state index contributed by atoms with van der Waals surface area (Å²) in [6, 6.07) is 9.93. The molecule has 3 N–H and O–H groups in total. The van der Waals surface area contributed by atoms with Gasteiger partial charge in [-0.3, -0.25) is 14.2 Å². The molecule has 2 aliphatic rings. The van der Waals surface area contributed by atoms with Crippen LogP contribution in [0, 0.1) is 5.92 Å². The first-order valence-electron chi connectivity index (χ1n) is 9.01. The number of aliphatic hydroxyl groups is 1. The van der Waals surface area contributed by atoms with Gasteiger partial charge in [0.2, 0.25) is 0 Å². The SMILES string of the molecule is O=C(O)C[C@@H]1C2OC[C@]1(CO)O[C@H]2n1ccc(NC(=O)c2ccccc2)nc1=O. The average Bonchev–Trinajstić information content (AvgIpc) is 3.20. The van der Waals surface area contributed by atoms with Crippen molar-refractivity contribution < 1.29 is 29.3 Å². The topological polar surface area (TPSA) is 140 Å². The highest BCUT2D eigenvalue weighted by molar-refractivity contribution is 6.03. The normalized spacial score (nSPS) is 27.7. The molecule has 152 valence electrons. The second-order valence-electron chi connectivity index (χ2n) is 7.03. The Balaban J connectivity index is 1.55. The van der Waals surface area contributed by atoms with Crippen molar-refractivity contribution in [3.63, 3.8) is 0 Å². The minimum Gasteiger partial charge on any atom is -0.481 e. The molecule has 2 saturated heterocycles. The molecule has 4 rings (SSSR count). The number of ether oxygens (including phenoxy) is 2. The fourth-order valence-electron chi connectivity index (χ4n) is 3.83. The van der Waals surface area contributed by atoms with Gasteiger partial charge in [0.1, 0.15) is 17.5 Å². The fraction of sp³-hybridized carbons (Fsp3) is 0.368. The third-order valence-corrected chi connectivity index (χ3v) is 5.27. The molecule has 0 saturated carbocycles. The molecular weight excluding hydrogens is 382 g/mol. The molecule has 2 aliphatic heterocycles. The van der Waals surface area contributed by atoms with Crippen molar-refractivity contribution >= 4 is 17.7 Å². The summed E-state index contributed by atoms with van der Waals surface area (Å²) >= 11 is 0. The van der Waals surface area contributed by atoms with E-state index in [1.165, 1.54) is 16.8 Å². The van der Waals surface area contributed by atoms with Crippen LogP contribution in [0.3, 0.4) is 0 Å². The largest absolute Gasteiger partial charge is 0.481 e. The summed E-state index contributed by atoms with van der Waals surface area (Å²) in [5.74, 6) is -1.98. The monoisotopic (exact) mass is 401 g/mol. The number of carbonyl (C=O) groups is 2. The van der Waals surface area contributed by atoms with Gasteiger partial charge in [0.15, 0.2) is 6.23 Å². The number of rotatable bonds is 6. The van der Waals surface area contributed by atoms with E-state index < -0.39 is 48.0 Å². The van der Waals surface area contributed by atoms with Gasteiger partial charge in [0.25, 0.3) is 5.91 Å². The van der Waals surface area contributed by atoms with Crippen LogP contribution in [0.25, 0.3) is 0 Å². The maximum atomic E-state index is 12.5. The molecule has 10 heteroatoms. The summed E-state index contributed by atoms with van der Waals surface area (Å²) in [4.78, 5) is 39.8. The number of carbonyl (C=O) groups excluding carboxylic acids is 1. The van der Waals surface area contributed by atoms with E-state index in [-0.39, 0.29) is 18.8 Å². The molecule has 2 aromatic rings. The zero-order chi connectivity index (χ0) is 20.6. The molecule has 2 fully saturated rings. The number of amides is 1. The molecule has 3 heterocycles. The summed E-state index contributed by atoms with van der Waals surface area (Å²) in [5.41, 5.74) is -1.45. The Morgan fingerprint density at radius 1 is 1.28 bits per heavy atom. The summed E-state index contributed by atoms with van der Waals surface area (Å²) in [7, 11) is 0. The second kappa shape index (κ2) is 7.39. The van der Waals surface area contributed by atoms with Crippen molar-refractivity contribution in [3.8, 4) is 0 Å². The smallest absolute Gasteiger partial charge is 0.351 e. The maximum Gasteiger partial charge on any atom is 0.351 e. The quantitative estimate of drug-likeness (QED) is 0.626. The van der Waals surface area contributed by atoms with E-state index in [0.717, 1.165) is 0 Å². The number of carboxylic acid groups (broad SMARTS) is 1. The Labute approximate surface area is 164 Å². The van der Waals surface area contributed by atoms with Crippen molar-refractivity contribution in [3.05, 3.63) is 58.6 Å². The Bertz CT molecular complexity index is 993. The zero-order valence-electron chi connectivity index (χ0n) is 15.2. The van der Waals surface area contributed by atoms with E-state index in [2.05, 4.69) is 10.3 Å². The number of nitrogens with one attached hydrogen (secondary N) is 1. The van der Waals surface area contributed by atoms with Gasteiger partial charge in [-0.15, -0.1) is 0 Å². The predicted molar refractivity (Wildman–Crippen MR) is 98.3 cm³/mol. The van der Waals surface area contributed by atoms with E-state index in [9.17, 15) is 19.5 Å². The van der Waals surface area contributed by atoms with Crippen molar-refractivity contribution in [2.75, 3.05) is 18.5 Å². The zero-order valence-corrected chi connectivity index (χ0v) is 15.2. The Morgan fingerprint density at radius 2 is 2.03 bits per heavy atom. The summed E-state index contributed by atoms with van der Waals surface area (Å²) in [6.45, 7) is -0.374. The van der Waals surface area contributed by atoms with E-state index in [0.29, 0.717) is 5.56 Å². The molecule has 29 heavy (non-hydrogen) atoms. The van der Waals surface area contributed by atoms with Crippen molar-refractivity contribution in [2.45, 2.75) is 24.4 Å². The third-order valence-electron chi connectivity index (χ3n) is 5.27. The highest BCUT2D eigenvalue weighted by Gasteiger charge is 2.62. The van der Waals surface area contributed by atoms with Gasteiger partial charge >= 0.3 is 11.7 Å². The number of aromatic nitrogens is 2. The van der Waals surface area contributed by atoms with Crippen molar-refractivity contribution in [1.82, 2.24) is 9.55 Å². The molecular formula is C19H19N3O7.